The Bertz CT molecular complexity index is 153. The number of hydrogen-bond acceptors (Lipinski definition) is 1. The molecule has 0 aliphatic heterocycles. The van der Waals surface area contributed by atoms with Crippen molar-refractivity contribution < 1.29 is 8.76 Å². The van der Waals surface area contributed by atoms with Gasteiger partial charge in [0.1, 0.15) is 0 Å². The molecule has 10 heavy (non-hydrogen) atoms. The molecule has 1 N–H and O–H groups in total. The van der Waals surface area contributed by atoms with Crippen LogP contribution in [0.15, 0.2) is 0 Å². The fraction of sp³-hybridized carbons (Fsp3) is 1.00. The molecule has 2 rings (SSSR count). The molecule has 58 valence electrons. The van der Waals surface area contributed by atoms with Crippen molar-refractivity contribution in [1.82, 2.24) is 4.31 Å². The molecule has 0 aromatic rings. The topological polar surface area (TPSA) is 40.5 Å². The number of hydrogen-bond donors (Lipinski definition) is 1. The van der Waals surface area contributed by atoms with Crippen molar-refractivity contribution in [1.29, 1.82) is 0 Å². The van der Waals surface area contributed by atoms with Crippen LogP contribution in [0.2, 0.25) is 0 Å². The van der Waals surface area contributed by atoms with Crippen LogP contribution in [0.25, 0.3) is 0 Å². The third kappa shape index (κ3) is 1.24. The first-order valence-electron chi connectivity index (χ1n) is 3.68. The van der Waals surface area contributed by atoms with Gasteiger partial charge in [0.2, 0.25) is 11.3 Å². The lowest BCUT2D eigenvalue weighted by Crippen LogP contribution is -2.29. The summed E-state index contributed by atoms with van der Waals surface area (Å²) in [6.45, 7) is 0. The minimum absolute atomic E-state index is 0.429. The van der Waals surface area contributed by atoms with E-state index < -0.39 is 11.3 Å². The average Bonchev–Trinajstić information content (AvgIpc) is 2.49. The van der Waals surface area contributed by atoms with Gasteiger partial charge in [0.15, 0.2) is 0 Å². The van der Waals surface area contributed by atoms with Gasteiger partial charge in [-0.1, -0.05) is 0 Å². The Morgan fingerprint density at radius 2 is 1.60 bits per heavy atom. The average molecular weight is 161 g/mol. The van der Waals surface area contributed by atoms with Crippen LogP contribution < -0.4 is 0 Å². The summed E-state index contributed by atoms with van der Waals surface area (Å²) in [6, 6.07) is 0.858. The van der Waals surface area contributed by atoms with Crippen molar-refractivity contribution in [2.75, 3.05) is 0 Å². The van der Waals surface area contributed by atoms with Gasteiger partial charge in [-0.15, -0.1) is 0 Å². The maximum Gasteiger partial charge on any atom is 0.235 e. The Morgan fingerprint density at radius 1 is 1.20 bits per heavy atom. The molecule has 2 aliphatic rings. The maximum atomic E-state index is 10.7. The summed E-state index contributed by atoms with van der Waals surface area (Å²) >= 11 is -1.71. The third-order valence-corrected chi connectivity index (χ3v) is 2.95. The highest BCUT2D eigenvalue weighted by Gasteiger charge is 2.42. The summed E-state index contributed by atoms with van der Waals surface area (Å²) in [6.07, 6.45) is 4.46. The smallest absolute Gasteiger partial charge is 0.235 e. The number of nitrogens with zero attached hydrogens (tertiary/aromatic N) is 1. The molecule has 0 bridgehead atoms. The van der Waals surface area contributed by atoms with E-state index in [0.717, 1.165) is 25.7 Å². The Labute approximate surface area is 62.8 Å². The molecule has 2 fully saturated rings. The Balaban J connectivity index is 1.98. The third-order valence-electron chi connectivity index (χ3n) is 1.99. The summed E-state index contributed by atoms with van der Waals surface area (Å²) in [4.78, 5) is 0. The molecular formula is C6H11NO2S. The van der Waals surface area contributed by atoms with Gasteiger partial charge in [-0.3, -0.25) is 4.55 Å². The zero-order valence-electron chi connectivity index (χ0n) is 5.69. The minimum Gasteiger partial charge on any atom is -0.294 e. The van der Waals surface area contributed by atoms with Crippen LogP contribution in [0, 0.1) is 0 Å². The molecule has 0 heterocycles. The quantitative estimate of drug-likeness (QED) is 0.620. The predicted molar refractivity (Wildman–Crippen MR) is 38.7 cm³/mol. The summed E-state index contributed by atoms with van der Waals surface area (Å²) in [5.74, 6) is 0. The highest BCUT2D eigenvalue weighted by atomic mass is 32.2. The summed E-state index contributed by atoms with van der Waals surface area (Å²) in [5.41, 5.74) is 0. The summed E-state index contributed by atoms with van der Waals surface area (Å²) in [5, 5.41) is 0. The molecule has 0 saturated heterocycles. The van der Waals surface area contributed by atoms with Crippen LogP contribution >= 0.6 is 0 Å². The zero-order valence-corrected chi connectivity index (χ0v) is 6.51. The van der Waals surface area contributed by atoms with Gasteiger partial charge in [0.25, 0.3) is 0 Å². The SMILES string of the molecule is O=S(O)N(C1CC1)C1CC1. The van der Waals surface area contributed by atoms with Crippen LogP contribution in [-0.2, 0) is 11.3 Å². The van der Waals surface area contributed by atoms with E-state index in [1.54, 1.807) is 4.31 Å². The van der Waals surface area contributed by atoms with Crippen molar-refractivity contribution in [2.24, 2.45) is 0 Å². The largest absolute Gasteiger partial charge is 0.294 e. The summed E-state index contributed by atoms with van der Waals surface area (Å²) < 4.78 is 21.3. The monoisotopic (exact) mass is 161 g/mol. The van der Waals surface area contributed by atoms with Crippen molar-refractivity contribution in [3.05, 3.63) is 0 Å². The molecule has 2 saturated carbocycles. The van der Waals surface area contributed by atoms with E-state index in [1.807, 2.05) is 0 Å². The van der Waals surface area contributed by atoms with Gasteiger partial charge in [-0.2, -0.15) is 4.31 Å². The highest BCUT2D eigenvalue weighted by molar-refractivity contribution is 7.76. The Morgan fingerprint density at radius 3 is 1.80 bits per heavy atom. The second-order valence-corrected chi connectivity index (χ2v) is 3.94. The van der Waals surface area contributed by atoms with Crippen LogP contribution in [0.5, 0.6) is 0 Å². The van der Waals surface area contributed by atoms with E-state index in [0.29, 0.717) is 12.1 Å². The van der Waals surface area contributed by atoms with Gasteiger partial charge in [0.05, 0.1) is 0 Å². The maximum absolute atomic E-state index is 10.7. The minimum atomic E-state index is -1.71. The first-order valence-corrected chi connectivity index (χ1v) is 4.74. The Hall–Kier alpha value is 0.0700. The normalized spacial score (nSPS) is 29.0. The van der Waals surface area contributed by atoms with Crippen molar-refractivity contribution in [3.8, 4) is 0 Å². The fourth-order valence-electron chi connectivity index (χ4n) is 1.21. The fourth-order valence-corrected chi connectivity index (χ4v) is 2.14. The van der Waals surface area contributed by atoms with Gasteiger partial charge in [-0.05, 0) is 25.7 Å². The number of rotatable bonds is 3. The predicted octanol–water partition coefficient (Wildman–Crippen LogP) is 0.750. The molecular weight excluding hydrogens is 150 g/mol. The van der Waals surface area contributed by atoms with E-state index in [-0.39, 0.29) is 0 Å². The Kier molecular flexibility index (Phi) is 1.55. The molecule has 1 unspecified atom stereocenters. The molecule has 0 aromatic carbocycles. The molecule has 3 nitrogen and oxygen atoms in total. The van der Waals surface area contributed by atoms with Crippen LogP contribution in [0.4, 0.5) is 0 Å². The lowest BCUT2D eigenvalue weighted by Gasteiger charge is -2.14. The summed E-state index contributed by atoms with van der Waals surface area (Å²) in [7, 11) is 0. The lowest BCUT2D eigenvalue weighted by atomic mass is 10.6. The van der Waals surface area contributed by atoms with Crippen molar-refractivity contribution in [2.45, 2.75) is 37.8 Å². The molecule has 2 aliphatic carbocycles. The van der Waals surface area contributed by atoms with Crippen LogP contribution in [0.1, 0.15) is 25.7 Å². The van der Waals surface area contributed by atoms with Crippen LogP contribution in [0.3, 0.4) is 0 Å². The molecule has 0 aromatic heterocycles. The second-order valence-electron chi connectivity index (χ2n) is 3.05. The molecule has 4 heteroatoms. The van der Waals surface area contributed by atoms with Gasteiger partial charge in [-0.25, -0.2) is 4.21 Å². The molecule has 0 spiro atoms. The zero-order chi connectivity index (χ0) is 7.14. The van der Waals surface area contributed by atoms with E-state index in [9.17, 15) is 4.21 Å². The van der Waals surface area contributed by atoms with Crippen LogP contribution in [-0.4, -0.2) is 25.2 Å². The van der Waals surface area contributed by atoms with E-state index in [1.165, 1.54) is 0 Å². The van der Waals surface area contributed by atoms with E-state index in [4.69, 9.17) is 4.55 Å². The first-order chi connectivity index (χ1) is 4.79. The standard InChI is InChI=1S/C6H11NO2S/c8-10(9)7(5-1-2-5)6-3-4-6/h5-6H,1-4H2,(H,8,9). The van der Waals surface area contributed by atoms with E-state index in [2.05, 4.69) is 0 Å². The molecule has 0 amide bonds. The molecule has 0 radical (unpaired) electrons. The second kappa shape index (κ2) is 2.29. The van der Waals surface area contributed by atoms with Crippen molar-refractivity contribution >= 4 is 11.3 Å². The highest BCUT2D eigenvalue weighted by Crippen LogP contribution is 2.37. The van der Waals surface area contributed by atoms with Crippen molar-refractivity contribution in [3.63, 3.8) is 0 Å². The molecule has 1 atom stereocenters. The van der Waals surface area contributed by atoms with Gasteiger partial charge in [0, 0.05) is 12.1 Å². The van der Waals surface area contributed by atoms with E-state index >= 15 is 0 Å². The van der Waals surface area contributed by atoms with Gasteiger partial charge < -0.3 is 0 Å². The lowest BCUT2D eigenvalue weighted by molar-refractivity contribution is 0.382. The van der Waals surface area contributed by atoms with Gasteiger partial charge >= 0.3 is 0 Å². The first kappa shape index (κ1) is 6.76.